The van der Waals surface area contributed by atoms with Gasteiger partial charge in [-0.25, -0.2) is 0 Å². The van der Waals surface area contributed by atoms with Crippen LogP contribution < -0.4 is 5.32 Å². The van der Waals surface area contributed by atoms with Crippen molar-refractivity contribution in [3.63, 3.8) is 0 Å². The van der Waals surface area contributed by atoms with E-state index in [0.29, 0.717) is 0 Å². The van der Waals surface area contributed by atoms with Gasteiger partial charge in [0, 0.05) is 6.54 Å². The molecule has 4 heteroatoms. The molecule has 2 aliphatic rings. The van der Waals surface area contributed by atoms with Crippen LogP contribution in [0.1, 0.15) is 38.5 Å². The van der Waals surface area contributed by atoms with E-state index in [1.54, 1.807) is 0 Å². The lowest BCUT2D eigenvalue weighted by Crippen LogP contribution is -2.38. The Kier molecular flexibility index (Phi) is 9.82. The molecule has 2 heterocycles. The first-order valence-electron chi connectivity index (χ1n) is 6.38. The van der Waals surface area contributed by atoms with Crippen molar-refractivity contribution in [3.05, 3.63) is 0 Å². The highest BCUT2D eigenvalue weighted by Crippen LogP contribution is 2.15. The molecule has 2 fully saturated rings. The zero-order valence-electron chi connectivity index (χ0n) is 10.1. The topological polar surface area (TPSA) is 15.3 Å². The third-order valence-corrected chi connectivity index (χ3v) is 3.61. The minimum Gasteiger partial charge on any atom is -0.316 e. The molecule has 0 radical (unpaired) electrons. The van der Waals surface area contributed by atoms with Crippen molar-refractivity contribution in [1.29, 1.82) is 0 Å². The molecule has 2 aliphatic heterocycles. The molecule has 0 aromatic carbocycles. The van der Waals surface area contributed by atoms with Gasteiger partial charge in [-0.1, -0.05) is 12.8 Å². The molecule has 1 N–H and O–H groups in total. The van der Waals surface area contributed by atoms with E-state index in [9.17, 15) is 0 Å². The molecule has 1 unspecified atom stereocenters. The smallest absolute Gasteiger partial charge is 0.00218 e. The fraction of sp³-hybridized carbons (Fsp3) is 1.00. The summed E-state index contributed by atoms with van der Waals surface area (Å²) >= 11 is 0. The van der Waals surface area contributed by atoms with Gasteiger partial charge in [-0.15, -0.1) is 24.8 Å². The molecule has 0 saturated carbocycles. The van der Waals surface area contributed by atoms with Crippen LogP contribution in [0.25, 0.3) is 0 Å². The van der Waals surface area contributed by atoms with Gasteiger partial charge in [-0.2, -0.15) is 0 Å². The SMILES string of the molecule is C1CCCN(CC2CCCNC2)CC1.Cl.Cl. The third-order valence-electron chi connectivity index (χ3n) is 3.61. The molecule has 0 aliphatic carbocycles. The van der Waals surface area contributed by atoms with Gasteiger partial charge < -0.3 is 10.2 Å². The lowest BCUT2D eigenvalue weighted by molar-refractivity contribution is 0.214. The third kappa shape index (κ3) is 5.72. The van der Waals surface area contributed by atoms with Crippen molar-refractivity contribution in [2.45, 2.75) is 38.5 Å². The zero-order chi connectivity index (χ0) is 9.64. The summed E-state index contributed by atoms with van der Waals surface area (Å²) in [6, 6.07) is 0. The molecular formula is C12H26Cl2N2. The second kappa shape index (κ2) is 9.52. The van der Waals surface area contributed by atoms with Crippen molar-refractivity contribution in [3.8, 4) is 0 Å². The highest BCUT2D eigenvalue weighted by atomic mass is 35.5. The van der Waals surface area contributed by atoms with E-state index in [1.165, 1.54) is 71.2 Å². The first-order valence-corrected chi connectivity index (χ1v) is 6.38. The van der Waals surface area contributed by atoms with Gasteiger partial charge in [0.15, 0.2) is 0 Å². The predicted molar refractivity (Wildman–Crippen MR) is 75.0 cm³/mol. The Morgan fingerprint density at radius 2 is 1.62 bits per heavy atom. The highest BCUT2D eigenvalue weighted by Gasteiger charge is 2.17. The molecule has 16 heavy (non-hydrogen) atoms. The van der Waals surface area contributed by atoms with Crippen LogP contribution in [0.2, 0.25) is 0 Å². The van der Waals surface area contributed by atoms with Crippen LogP contribution in [-0.2, 0) is 0 Å². The average molecular weight is 269 g/mol. The number of hydrogen-bond acceptors (Lipinski definition) is 2. The molecular weight excluding hydrogens is 243 g/mol. The fourth-order valence-electron chi connectivity index (χ4n) is 2.76. The summed E-state index contributed by atoms with van der Waals surface area (Å²) < 4.78 is 0. The minimum atomic E-state index is 0. The average Bonchev–Trinajstić information content (AvgIpc) is 2.48. The standard InChI is InChI=1S/C12H24N2.2ClH/c1-2-4-9-14(8-3-1)11-12-6-5-7-13-10-12;;/h12-13H,1-11H2;2*1H. The van der Waals surface area contributed by atoms with Crippen molar-refractivity contribution in [1.82, 2.24) is 10.2 Å². The van der Waals surface area contributed by atoms with Gasteiger partial charge in [-0.3, -0.25) is 0 Å². The number of likely N-dealkylation sites (tertiary alicyclic amines) is 1. The van der Waals surface area contributed by atoms with Gasteiger partial charge in [0.1, 0.15) is 0 Å². The Labute approximate surface area is 112 Å². The van der Waals surface area contributed by atoms with E-state index < -0.39 is 0 Å². The number of halogens is 2. The minimum absolute atomic E-state index is 0. The first-order chi connectivity index (χ1) is 6.95. The van der Waals surface area contributed by atoms with E-state index >= 15 is 0 Å². The van der Waals surface area contributed by atoms with Gasteiger partial charge in [0.2, 0.25) is 0 Å². The number of nitrogens with one attached hydrogen (secondary N) is 1. The molecule has 0 amide bonds. The van der Waals surface area contributed by atoms with Gasteiger partial charge in [0.05, 0.1) is 0 Å². The molecule has 0 bridgehead atoms. The van der Waals surface area contributed by atoms with Crippen LogP contribution in [-0.4, -0.2) is 37.6 Å². The molecule has 0 aromatic heterocycles. The quantitative estimate of drug-likeness (QED) is 0.829. The lowest BCUT2D eigenvalue weighted by Gasteiger charge is -2.29. The van der Waals surface area contributed by atoms with E-state index in [4.69, 9.17) is 0 Å². The summed E-state index contributed by atoms with van der Waals surface area (Å²) in [6.45, 7) is 6.58. The van der Waals surface area contributed by atoms with Crippen molar-refractivity contribution in [2.24, 2.45) is 5.92 Å². The maximum Gasteiger partial charge on any atom is 0.00218 e. The second-order valence-electron chi connectivity index (χ2n) is 4.93. The Balaban J connectivity index is 0.00000112. The number of piperidine rings is 1. The van der Waals surface area contributed by atoms with E-state index in [0.717, 1.165) is 5.92 Å². The van der Waals surface area contributed by atoms with Crippen LogP contribution in [0.4, 0.5) is 0 Å². The summed E-state index contributed by atoms with van der Waals surface area (Å²) in [4.78, 5) is 2.70. The van der Waals surface area contributed by atoms with Gasteiger partial charge >= 0.3 is 0 Å². The Hall–Kier alpha value is 0.500. The Morgan fingerprint density at radius 1 is 0.938 bits per heavy atom. The number of hydrogen-bond donors (Lipinski definition) is 1. The first kappa shape index (κ1) is 16.5. The Bertz CT molecular complexity index is 153. The van der Waals surface area contributed by atoms with Crippen molar-refractivity contribution >= 4 is 24.8 Å². The van der Waals surface area contributed by atoms with Crippen LogP contribution >= 0.6 is 24.8 Å². The normalized spacial score (nSPS) is 27.4. The molecule has 1 atom stereocenters. The summed E-state index contributed by atoms with van der Waals surface area (Å²) in [5.74, 6) is 0.932. The summed E-state index contributed by atoms with van der Waals surface area (Å²) in [7, 11) is 0. The number of nitrogens with zero attached hydrogens (tertiary/aromatic N) is 1. The van der Waals surface area contributed by atoms with E-state index in [1.807, 2.05) is 0 Å². The largest absolute Gasteiger partial charge is 0.316 e. The summed E-state index contributed by atoms with van der Waals surface area (Å²) in [5, 5.41) is 3.51. The maximum atomic E-state index is 3.51. The van der Waals surface area contributed by atoms with E-state index in [-0.39, 0.29) is 24.8 Å². The predicted octanol–water partition coefficient (Wildman–Crippen LogP) is 2.71. The molecule has 2 rings (SSSR count). The van der Waals surface area contributed by atoms with Crippen LogP contribution in [0, 0.1) is 5.92 Å². The van der Waals surface area contributed by atoms with Gasteiger partial charge in [0.25, 0.3) is 0 Å². The molecule has 2 saturated heterocycles. The van der Waals surface area contributed by atoms with Gasteiger partial charge in [-0.05, 0) is 57.8 Å². The van der Waals surface area contributed by atoms with Crippen molar-refractivity contribution < 1.29 is 0 Å². The fourth-order valence-corrected chi connectivity index (χ4v) is 2.76. The van der Waals surface area contributed by atoms with Crippen LogP contribution in [0.15, 0.2) is 0 Å². The van der Waals surface area contributed by atoms with Crippen molar-refractivity contribution in [2.75, 3.05) is 32.7 Å². The van der Waals surface area contributed by atoms with E-state index in [2.05, 4.69) is 10.2 Å². The molecule has 98 valence electrons. The number of rotatable bonds is 2. The monoisotopic (exact) mass is 268 g/mol. The Morgan fingerprint density at radius 3 is 2.19 bits per heavy atom. The van der Waals surface area contributed by atoms with Crippen LogP contribution in [0.5, 0.6) is 0 Å². The summed E-state index contributed by atoms with van der Waals surface area (Å²) in [6.07, 6.45) is 8.61. The van der Waals surface area contributed by atoms with Crippen LogP contribution in [0.3, 0.4) is 0 Å². The second-order valence-corrected chi connectivity index (χ2v) is 4.93. The molecule has 0 spiro atoms. The molecule has 0 aromatic rings. The molecule has 2 nitrogen and oxygen atoms in total. The lowest BCUT2D eigenvalue weighted by atomic mass is 9.99. The summed E-state index contributed by atoms with van der Waals surface area (Å²) in [5.41, 5.74) is 0. The zero-order valence-corrected chi connectivity index (χ0v) is 11.8. The maximum absolute atomic E-state index is 3.51. The highest BCUT2D eigenvalue weighted by molar-refractivity contribution is 5.85.